The lowest BCUT2D eigenvalue weighted by molar-refractivity contribution is -0.120. The summed E-state index contributed by atoms with van der Waals surface area (Å²) in [7, 11) is 0. The number of nitrogens with zero attached hydrogens (tertiary/aromatic N) is 3. The number of thioether (sulfide) groups is 1. The molecule has 138 valence electrons. The van der Waals surface area contributed by atoms with Gasteiger partial charge in [0.1, 0.15) is 5.75 Å². The van der Waals surface area contributed by atoms with Crippen LogP contribution in [0.15, 0.2) is 40.6 Å². The van der Waals surface area contributed by atoms with Crippen LogP contribution in [0.2, 0.25) is 0 Å². The van der Waals surface area contributed by atoms with Gasteiger partial charge in [0.15, 0.2) is 5.16 Å². The van der Waals surface area contributed by atoms with E-state index in [-0.39, 0.29) is 11.2 Å². The van der Waals surface area contributed by atoms with Gasteiger partial charge in [0.2, 0.25) is 0 Å². The molecule has 0 aliphatic heterocycles. The molecular weight excluding hydrogens is 348 g/mol. The minimum atomic E-state index is -0.349. The Balaban J connectivity index is 1.85. The van der Waals surface area contributed by atoms with E-state index in [9.17, 15) is 4.79 Å². The monoisotopic (exact) mass is 372 g/mol. The zero-order valence-electron chi connectivity index (χ0n) is 15.5. The van der Waals surface area contributed by atoms with Crippen molar-refractivity contribution in [1.29, 1.82) is 0 Å². The quantitative estimate of drug-likeness (QED) is 0.332. The van der Waals surface area contributed by atoms with Gasteiger partial charge in [-0.05, 0) is 63.1 Å². The summed E-state index contributed by atoms with van der Waals surface area (Å²) in [6, 6.07) is 9.45. The maximum atomic E-state index is 12.2. The van der Waals surface area contributed by atoms with Gasteiger partial charge in [-0.2, -0.15) is 5.10 Å². The van der Waals surface area contributed by atoms with Crippen molar-refractivity contribution >= 4 is 23.9 Å². The lowest BCUT2D eigenvalue weighted by Crippen LogP contribution is -2.27. The average Bonchev–Trinajstić information content (AvgIpc) is 2.60. The fraction of sp³-hybridized carbons (Fsp3) is 0.368. The van der Waals surface area contributed by atoms with Crippen molar-refractivity contribution in [3.05, 3.63) is 47.3 Å². The summed E-state index contributed by atoms with van der Waals surface area (Å²) >= 11 is 1.31. The number of rotatable bonds is 8. The maximum absolute atomic E-state index is 12.2. The van der Waals surface area contributed by atoms with Gasteiger partial charge in [0.25, 0.3) is 5.91 Å². The summed E-state index contributed by atoms with van der Waals surface area (Å²) in [5.41, 5.74) is 5.21. The van der Waals surface area contributed by atoms with Gasteiger partial charge in [-0.1, -0.05) is 18.7 Å². The third kappa shape index (κ3) is 6.48. The van der Waals surface area contributed by atoms with E-state index < -0.39 is 0 Å². The Kier molecular flexibility index (Phi) is 7.59. The molecule has 2 aromatic rings. The third-order valence-corrected chi connectivity index (χ3v) is 4.32. The highest BCUT2D eigenvalue weighted by atomic mass is 32.2. The van der Waals surface area contributed by atoms with Crippen molar-refractivity contribution in [2.45, 2.75) is 44.5 Å². The number of aryl methyl sites for hydroxylation is 2. The Morgan fingerprint density at radius 3 is 2.54 bits per heavy atom. The molecule has 1 amide bonds. The second-order valence-electron chi connectivity index (χ2n) is 5.85. The fourth-order valence-corrected chi connectivity index (χ4v) is 2.96. The summed E-state index contributed by atoms with van der Waals surface area (Å²) in [4.78, 5) is 20.8. The first-order valence-electron chi connectivity index (χ1n) is 8.52. The number of benzene rings is 1. The molecule has 0 radical (unpaired) electrons. The summed E-state index contributed by atoms with van der Waals surface area (Å²) < 4.78 is 5.53. The van der Waals surface area contributed by atoms with Crippen LogP contribution in [0.3, 0.4) is 0 Å². The molecule has 0 aliphatic rings. The van der Waals surface area contributed by atoms with E-state index in [2.05, 4.69) is 27.4 Å². The van der Waals surface area contributed by atoms with Crippen LogP contribution in [0.1, 0.15) is 37.2 Å². The zero-order chi connectivity index (χ0) is 18.9. The summed E-state index contributed by atoms with van der Waals surface area (Å²) in [5.74, 6) is 0.628. The van der Waals surface area contributed by atoms with Crippen LogP contribution in [0, 0.1) is 13.8 Å². The van der Waals surface area contributed by atoms with Crippen LogP contribution in [-0.4, -0.2) is 33.9 Å². The third-order valence-electron chi connectivity index (χ3n) is 3.35. The number of nitrogens with one attached hydrogen (secondary N) is 1. The molecule has 0 fully saturated rings. The van der Waals surface area contributed by atoms with E-state index in [1.807, 2.05) is 44.2 Å². The van der Waals surface area contributed by atoms with Crippen LogP contribution < -0.4 is 10.2 Å². The summed E-state index contributed by atoms with van der Waals surface area (Å²) in [6.07, 6.45) is 2.57. The molecule has 7 heteroatoms. The highest BCUT2D eigenvalue weighted by Gasteiger charge is 2.15. The van der Waals surface area contributed by atoms with Gasteiger partial charge in [0.05, 0.1) is 18.1 Å². The average molecular weight is 372 g/mol. The summed E-state index contributed by atoms with van der Waals surface area (Å²) in [5, 5.41) is 4.26. The second-order valence-corrected chi connectivity index (χ2v) is 7.15. The number of amides is 1. The Labute approximate surface area is 158 Å². The first-order valence-corrected chi connectivity index (χ1v) is 9.40. The molecule has 0 saturated heterocycles. The van der Waals surface area contributed by atoms with Gasteiger partial charge >= 0.3 is 0 Å². The lowest BCUT2D eigenvalue weighted by atomic mass is 10.2. The number of hydrogen-bond acceptors (Lipinski definition) is 6. The van der Waals surface area contributed by atoms with E-state index in [4.69, 9.17) is 4.74 Å². The molecule has 6 nitrogen and oxygen atoms in total. The largest absolute Gasteiger partial charge is 0.494 e. The maximum Gasteiger partial charge on any atom is 0.253 e. The highest BCUT2D eigenvalue weighted by molar-refractivity contribution is 8.00. The minimum absolute atomic E-state index is 0.197. The standard InChI is InChI=1S/C19H24N4O2S/c1-5-10-25-17-8-6-16(7-9-17)12-20-23-18(24)15(4)26-19-21-13(2)11-14(3)22-19/h6-9,11-12,15H,5,10H2,1-4H3,(H,23,24)/b20-12-/t15-/m1/s1. The predicted octanol–water partition coefficient (Wildman–Crippen LogP) is 3.51. The van der Waals surface area contributed by atoms with Crippen molar-refractivity contribution < 1.29 is 9.53 Å². The number of hydrazone groups is 1. The number of ether oxygens (including phenoxy) is 1. The van der Waals surface area contributed by atoms with E-state index in [1.54, 1.807) is 13.1 Å². The predicted molar refractivity (Wildman–Crippen MR) is 105 cm³/mol. The Bertz CT molecular complexity index is 742. The van der Waals surface area contributed by atoms with E-state index >= 15 is 0 Å². The minimum Gasteiger partial charge on any atom is -0.494 e. The van der Waals surface area contributed by atoms with Crippen molar-refractivity contribution in [3.8, 4) is 5.75 Å². The first-order chi connectivity index (χ1) is 12.5. The molecule has 0 spiro atoms. The molecule has 1 aromatic heterocycles. The Hall–Kier alpha value is -2.41. The molecule has 1 heterocycles. The SMILES string of the molecule is CCCOc1ccc(/C=N\NC(=O)[C@@H](C)Sc2nc(C)cc(C)n2)cc1. The van der Waals surface area contributed by atoms with Gasteiger partial charge < -0.3 is 4.74 Å². The zero-order valence-corrected chi connectivity index (χ0v) is 16.3. The summed E-state index contributed by atoms with van der Waals surface area (Å²) in [6.45, 7) is 8.38. The molecule has 0 unspecified atom stereocenters. The second kappa shape index (κ2) is 9.91. The molecule has 1 N–H and O–H groups in total. The molecule has 0 bridgehead atoms. The molecular formula is C19H24N4O2S. The van der Waals surface area contributed by atoms with Crippen molar-refractivity contribution in [2.24, 2.45) is 5.10 Å². The van der Waals surface area contributed by atoms with E-state index in [0.717, 1.165) is 29.1 Å². The molecule has 0 aliphatic carbocycles. The lowest BCUT2D eigenvalue weighted by Gasteiger charge is -2.09. The van der Waals surface area contributed by atoms with Crippen LogP contribution in [0.4, 0.5) is 0 Å². The van der Waals surface area contributed by atoms with E-state index in [1.165, 1.54) is 11.8 Å². The van der Waals surface area contributed by atoms with E-state index in [0.29, 0.717) is 11.8 Å². The Morgan fingerprint density at radius 2 is 1.92 bits per heavy atom. The number of carbonyl (C=O) groups is 1. The van der Waals surface area contributed by atoms with Gasteiger partial charge in [0, 0.05) is 11.4 Å². The number of aromatic nitrogens is 2. The number of carbonyl (C=O) groups excluding carboxylic acids is 1. The normalized spacial score (nSPS) is 12.2. The Morgan fingerprint density at radius 1 is 1.27 bits per heavy atom. The first kappa shape index (κ1) is 19.9. The van der Waals surface area contributed by atoms with Crippen molar-refractivity contribution in [3.63, 3.8) is 0 Å². The molecule has 26 heavy (non-hydrogen) atoms. The highest BCUT2D eigenvalue weighted by Crippen LogP contribution is 2.20. The fourth-order valence-electron chi connectivity index (χ4n) is 2.09. The van der Waals surface area contributed by atoms with Crippen molar-refractivity contribution in [1.82, 2.24) is 15.4 Å². The molecule has 1 aromatic carbocycles. The van der Waals surface area contributed by atoms with Gasteiger partial charge in [-0.15, -0.1) is 0 Å². The molecule has 0 saturated carbocycles. The van der Waals surface area contributed by atoms with Gasteiger partial charge in [-0.3, -0.25) is 4.79 Å². The molecule has 1 atom stereocenters. The topological polar surface area (TPSA) is 76.5 Å². The van der Waals surface area contributed by atoms with Crippen molar-refractivity contribution in [2.75, 3.05) is 6.61 Å². The van der Waals surface area contributed by atoms with Crippen LogP contribution in [0.25, 0.3) is 0 Å². The molecule has 2 rings (SSSR count). The number of hydrogen-bond donors (Lipinski definition) is 1. The van der Waals surface area contributed by atoms with Gasteiger partial charge in [-0.25, -0.2) is 15.4 Å². The smallest absolute Gasteiger partial charge is 0.253 e. The van der Waals surface area contributed by atoms with Crippen LogP contribution in [0.5, 0.6) is 5.75 Å². The van der Waals surface area contributed by atoms with Crippen LogP contribution in [-0.2, 0) is 4.79 Å². The van der Waals surface area contributed by atoms with Crippen LogP contribution >= 0.6 is 11.8 Å².